The van der Waals surface area contributed by atoms with E-state index in [4.69, 9.17) is 20.6 Å². The Labute approximate surface area is 149 Å². The van der Waals surface area contributed by atoms with Gasteiger partial charge in [-0.1, -0.05) is 5.92 Å². The van der Waals surface area contributed by atoms with Crippen LogP contribution in [-0.2, 0) is 20.4 Å². The monoisotopic (exact) mass is 375 g/mol. The van der Waals surface area contributed by atoms with Crippen LogP contribution < -0.4 is 10.1 Å². The quantitative estimate of drug-likeness (QED) is 0.808. The summed E-state index contributed by atoms with van der Waals surface area (Å²) in [6.07, 6.45) is 1.41. The third kappa shape index (κ3) is 5.45. The number of fused-ring (bicyclic) bond motifs is 2. The van der Waals surface area contributed by atoms with Gasteiger partial charge in [0, 0.05) is 20.3 Å². The topological polar surface area (TPSA) is 74.7 Å². The minimum atomic E-state index is -4.62. The second-order valence-electron chi connectivity index (χ2n) is 5.60. The van der Waals surface area contributed by atoms with Crippen LogP contribution in [0.1, 0.15) is 18.5 Å². The van der Waals surface area contributed by atoms with Crippen molar-refractivity contribution in [3.63, 3.8) is 0 Å². The molecule has 3 heterocycles. The summed E-state index contributed by atoms with van der Waals surface area (Å²) < 4.78 is 59.0. The highest BCUT2D eigenvalue weighted by atomic mass is 19.4. The number of ether oxygens (including phenoxy) is 4. The highest BCUT2D eigenvalue weighted by Gasteiger charge is 2.39. The van der Waals surface area contributed by atoms with Crippen molar-refractivity contribution in [1.82, 2.24) is 9.97 Å². The van der Waals surface area contributed by atoms with Crippen LogP contribution in [0.25, 0.3) is 0 Å². The van der Waals surface area contributed by atoms with Gasteiger partial charge in [-0.05, 0) is 12.8 Å². The Hall–Kier alpha value is -2.09. The van der Waals surface area contributed by atoms with E-state index in [0.29, 0.717) is 19.1 Å². The molecule has 2 aliphatic heterocycles. The first-order valence-electron chi connectivity index (χ1n) is 7.83. The van der Waals surface area contributed by atoms with E-state index in [9.17, 15) is 13.2 Å². The van der Waals surface area contributed by atoms with Gasteiger partial charge in [0.05, 0.1) is 18.8 Å². The maximum Gasteiger partial charge on any atom is 0.433 e. The number of halogens is 3. The number of terminal acetylenes is 1. The highest BCUT2D eigenvalue weighted by Crippen LogP contribution is 2.32. The van der Waals surface area contributed by atoms with Gasteiger partial charge in [-0.3, -0.25) is 0 Å². The van der Waals surface area contributed by atoms with Gasteiger partial charge in [-0.15, -0.1) is 6.42 Å². The largest absolute Gasteiger partial charge is 0.464 e. The lowest BCUT2D eigenvalue weighted by Crippen LogP contribution is -2.39. The van der Waals surface area contributed by atoms with Crippen molar-refractivity contribution in [2.24, 2.45) is 0 Å². The number of aromatic nitrogens is 2. The minimum absolute atomic E-state index is 0.0509. The van der Waals surface area contributed by atoms with Crippen molar-refractivity contribution in [1.29, 1.82) is 0 Å². The predicted molar refractivity (Wildman–Crippen MR) is 85.6 cm³/mol. The Morgan fingerprint density at radius 1 is 1.35 bits per heavy atom. The maximum absolute atomic E-state index is 12.9. The van der Waals surface area contributed by atoms with Crippen molar-refractivity contribution >= 4 is 5.95 Å². The number of nitrogens with one attached hydrogen (secondary N) is 1. The predicted octanol–water partition coefficient (Wildman–Crippen LogP) is 2.09. The zero-order valence-electron chi connectivity index (χ0n) is 14.4. The smallest absolute Gasteiger partial charge is 0.433 e. The summed E-state index contributed by atoms with van der Waals surface area (Å²) in [5.41, 5.74) is -1.11. The van der Waals surface area contributed by atoms with Gasteiger partial charge in [-0.2, -0.15) is 18.2 Å². The van der Waals surface area contributed by atoms with Crippen LogP contribution in [0.5, 0.6) is 5.88 Å². The second-order valence-corrected chi connectivity index (χ2v) is 5.60. The Morgan fingerprint density at radius 3 is 2.73 bits per heavy atom. The average Bonchev–Trinajstić information content (AvgIpc) is 2.98. The summed E-state index contributed by atoms with van der Waals surface area (Å²) >= 11 is 0. The number of hydrogen-bond acceptors (Lipinski definition) is 7. The molecule has 0 spiro atoms. The molecule has 10 heteroatoms. The standard InChI is InChI=1S/C14H14F3N3O3.C2H6O/c1-2-5-21-11-6-10(14(15,16)17)19-13(20-11)18-9-4-3-8-7-22-12(9)23-8;1-3-2/h1,6,8-9,12H,3-5,7H2,(H,18,19,20);1-2H3. The molecule has 3 rings (SSSR count). The van der Waals surface area contributed by atoms with Gasteiger partial charge in [0.1, 0.15) is 0 Å². The highest BCUT2D eigenvalue weighted by molar-refractivity contribution is 5.33. The molecule has 1 aromatic rings. The first kappa shape index (κ1) is 20.2. The van der Waals surface area contributed by atoms with Crippen LogP contribution in [-0.4, -0.2) is 55.8 Å². The molecule has 144 valence electrons. The van der Waals surface area contributed by atoms with E-state index in [0.717, 1.165) is 6.42 Å². The molecule has 1 aromatic heterocycles. The fourth-order valence-corrected chi connectivity index (χ4v) is 2.46. The molecule has 2 fully saturated rings. The van der Waals surface area contributed by atoms with Crippen LogP contribution >= 0.6 is 0 Å². The van der Waals surface area contributed by atoms with Gasteiger partial charge in [0.25, 0.3) is 0 Å². The molecule has 1 N–H and O–H groups in total. The molecular weight excluding hydrogens is 355 g/mol. The van der Waals surface area contributed by atoms with Crippen LogP contribution in [0.3, 0.4) is 0 Å². The summed E-state index contributed by atoms with van der Waals surface area (Å²) in [5.74, 6) is 1.73. The number of methoxy groups -OCH3 is 1. The Balaban J connectivity index is 0.000000758. The van der Waals surface area contributed by atoms with Crippen molar-refractivity contribution in [2.75, 3.05) is 32.8 Å². The summed E-state index contributed by atoms with van der Waals surface area (Å²) in [4.78, 5) is 7.41. The molecule has 2 aliphatic rings. The first-order chi connectivity index (χ1) is 12.4. The maximum atomic E-state index is 12.9. The average molecular weight is 375 g/mol. The van der Waals surface area contributed by atoms with Crippen molar-refractivity contribution in [3.8, 4) is 18.2 Å². The van der Waals surface area contributed by atoms with Gasteiger partial charge < -0.3 is 24.3 Å². The van der Waals surface area contributed by atoms with Gasteiger partial charge >= 0.3 is 6.18 Å². The molecule has 0 saturated carbocycles. The zero-order valence-corrected chi connectivity index (χ0v) is 14.4. The summed E-state index contributed by atoms with van der Waals surface area (Å²) in [6, 6.07) is 0.389. The number of anilines is 1. The van der Waals surface area contributed by atoms with Gasteiger partial charge in [0.2, 0.25) is 11.8 Å². The SMILES string of the molecule is C#CCOc1cc(C(F)(F)F)nc(NC2CCC3COC2O3)n1.COC. The number of alkyl halides is 3. The molecule has 0 aromatic carbocycles. The lowest BCUT2D eigenvalue weighted by molar-refractivity contribution is -0.141. The fourth-order valence-electron chi connectivity index (χ4n) is 2.46. The van der Waals surface area contributed by atoms with Gasteiger partial charge in [0.15, 0.2) is 18.6 Å². The zero-order chi connectivity index (χ0) is 19.2. The molecule has 2 bridgehead atoms. The molecule has 26 heavy (non-hydrogen) atoms. The number of hydrogen-bond donors (Lipinski definition) is 1. The van der Waals surface area contributed by atoms with E-state index >= 15 is 0 Å². The lowest BCUT2D eigenvalue weighted by atomic mass is 10.1. The third-order valence-electron chi connectivity index (χ3n) is 3.51. The molecule has 0 radical (unpaired) electrons. The van der Waals surface area contributed by atoms with Crippen molar-refractivity contribution in [2.45, 2.75) is 37.5 Å². The third-order valence-corrected chi connectivity index (χ3v) is 3.51. The van der Waals surface area contributed by atoms with Crippen LogP contribution in [0.4, 0.5) is 19.1 Å². The molecule has 3 unspecified atom stereocenters. The lowest BCUT2D eigenvalue weighted by Gasteiger charge is -2.28. The second kappa shape index (κ2) is 9.02. The summed E-state index contributed by atoms with van der Waals surface area (Å²) in [5, 5.41) is 2.83. The summed E-state index contributed by atoms with van der Waals surface area (Å²) in [7, 11) is 3.25. The van der Waals surface area contributed by atoms with Crippen LogP contribution in [0.2, 0.25) is 0 Å². The van der Waals surface area contributed by atoms with E-state index in [-0.39, 0.29) is 30.6 Å². The molecule has 7 nitrogen and oxygen atoms in total. The number of nitrogens with zero attached hydrogens (tertiary/aromatic N) is 2. The minimum Gasteiger partial charge on any atom is -0.464 e. The molecular formula is C16H20F3N3O4. The van der Waals surface area contributed by atoms with Crippen molar-refractivity contribution in [3.05, 3.63) is 11.8 Å². The first-order valence-corrected chi connectivity index (χ1v) is 7.83. The number of rotatable bonds is 4. The molecule has 3 atom stereocenters. The van der Waals surface area contributed by atoms with E-state index in [1.165, 1.54) is 0 Å². The molecule has 0 aliphatic carbocycles. The van der Waals surface area contributed by atoms with E-state index in [1.54, 1.807) is 14.2 Å². The normalized spacial score (nSPS) is 24.2. The molecule has 2 saturated heterocycles. The van der Waals surface area contributed by atoms with Crippen molar-refractivity contribution < 1.29 is 32.1 Å². The van der Waals surface area contributed by atoms with Crippen LogP contribution in [0.15, 0.2) is 6.07 Å². The van der Waals surface area contributed by atoms with Crippen LogP contribution in [0, 0.1) is 12.3 Å². The Kier molecular flexibility index (Phi) is 7.02. The molecule has 0 amide bonds. The van der Waals surface area contributed by atoms with E-state index < -0.39 is 18.2 Å². The Morgan fingerprint density at radius 2 is 2.08 bits per heavy atom. The van der Waals surface area contributed by atoms with E-state index in [1.807, 2.05) is 0 Å². The van der Waals surface area contributed by atoms with E-state index in [2.05, 4.69) is 25.9 Å². The Bertz CT molecular complexity index is 636. The summed E-state index contributed by atoms with van der Waals surface area (Å²) in [6.45, 7) is 0.302. The fraction of sp³-hybridized carbons (Fsp3) is 0.625. The van der Waals surface area contributed by atoms with Gasteiger partial charge in [-0.25, -0.2) is 4.98 Å².